The number of carbonyl (C=O) groups excluding carboxylic acids is 6. The number of amides is 6. The molecule has 0 saturated carbocycles. The van der Waals surface area contributed by atoms with Gasteiger partial charge >= 0.3 is 0 Å². The van der Waals surface area contributed by atoms with Crippen molar-refractivity contribution in [3.05, 3.63) is 29.8 Å². The number of nitrogens with one attached hydrogen (secondary N) is 10. The van der Waals surface area contributed by atoms with E-state index in [0.717, 1.165) is 5.56 Å². The molecule has 18 nitrogen and oxygen atoms in total. The first-order valence-electron chi connectivity index (χ1n) is 18.5. The van der Waals surface area contributed by atoms with Gasteiger partial charge in [0.2, 0.25) is 35.4 Å². The molecule has 6 amide bonds. The van der Waals surface area contributed by atoms with Crippen molar-refractivity contribution in [2.24, 2.45) is 35.3 Å². The molecule has 4 fully saturated rings. The Bertz CT molecular complexity index is 1480. The molecular weight excluding hydrogens is 686 g/mol. The molecule has 13 N–H and O–H groups in total. The number of hydrogen-bond acceptors (Lipinski definition) is 12. The minimum absolute atomic E-state index is 0.00565. The Balaban J connectivity index is 1.14. The average molecular weight is 742 g/mol. The summed E-state index contributed by atoms with van der Waals surface area (Å²) in [5.41, 5.74) is 6.24. The maximum Gasteiger partial charge on any atom is 0.226 e. The van der Waals surface area contributed by atoms with Gasteiger partial charge in [-0.25, -0.2) is 0 Å². The summed E-state index contributed by atoms with van der Waals surface area (Å²) < 4.78 is 0. The first-order valence-corrected chi connectivity index (χ1v) is 18.5. The van der Waals surface area contributed by atoms with Gasteiger partial charge in [-0.1, -0.05) is 12.1 Å². The fraction of sp³-hybridized carbons (Fsp3) is 0.657. The highest BCUT2D eigenvalue weighted by atomic mass is 16.3. The number of hydrogen-bond donors (Lipinski definition) is 12. The molecule has 4 aliphatic heterocycles. The number of carbonyl (C=O) groups is 6. The third kappa shape index (κ3) is 10.6. The van der Waals surface area contributed by atoms with E-state index in [-0.39, 0.29) is 60.2 Å². The molecule has 4 heterocycles. The van der Waals surface area contributed by atoms with Gasteiger partial charge in [0.25, 0.3) is 0 Å². The summed E-state index contributed by atoms with van der Waals surface area (Å²) in [5, 5.41) is 40.2. The Morgan fingerprint density at radius 3 is 1.85 bits per heavy atom. The van der Waals surface area contributed by atoms with E-state index in [0.29, 0.717) is 58.8 Å². The van der Waals surface area contributed by atoms with Crippen LogP contribution in [-0.4, -0.2) is 137 Å². The molecule has 18 heteroatoms. The smallest absolute Gasteiger partial charge is 0.226 e. The van der Waals surface area contributed by atoms with Crippen molar-refractivity contribution in [2.45, 2.75) is 50.0 Å². The summed E-state index contributed by atoms with van der Waals surface area (Å²) in [4.78, 5) is 78.1. The van der Waals surface area contributed by atoms with Crippen LogP contribution in [0.15, 0.2) is 24.3 Å². The highest BCUT2D eigenvalue weighted by Gasteiger charge is 2.40. The van der Waals surface area contributed by atoms with Crippen molar-refractivity contribution in [3.63, 3.8) is 0 Å². The van der Waals surface area contributed by atoms with Gasteiger partial charge in [0, 0.05) is 77.4 Å². The van der Waals surface area contributed by atoms with Gasteiger partial charge in [0.15, 0.2) is 0 Å². The van der Waals surface area contributed by atoms with E-state index in [1.165, 1.54) is 0 Å². The first-order chi connectivity index (χ1) is 25.4. The molecule has 0 unspecified atom stereocenters. The van der Waals surface area contributed by atoms with Crippen LogP contribution in [0.4, 0.5) is 0 Å². The van der Waals surface area contributed by atoms with E-state index in [2.05, 4.69) is 53.2 Å². The van der Waals surface area contributed by atoms with Gasteiger partial charge in [-0.15, -0.1) is 0 Å². The molecule has 0 bridgehead atoms. The third-order valence-corrected chi connectivity index (χ3v) is 10.8. The third-order valence-electron chi connectivity index (χ3n) is 10.8. The molecule has 0 radical (unpaired) electrons. The van der Waals surface area contributed by atoms with Gasteiger partial charge in [0.05, 0.1) is 47.7 Å². The largest absolute Gasteiger partial charge is 0.508 e. The van der Waals surface area contributed by atoms with Crippen LogP contribution < -0.4 is 58.9 Å². The number of primary amides is 1. The lowest BCUT2D eigenvalue weighted by Gasteiger charge is -2.27. The number of likely N-dealkylation sites (N-methyl/N-ethyl adjacent to an activating group) is 1. The van der Waals surface area contributed by atoms with Crippen molar-refractivity contribution in [3.8, 4) is 5.75 Å². The second-order valence-electron chi connectivity index (χ2n) is 14.7. The lowest BCUT2D eigenvalue weighted by atomic mass is 9.95. The average Bonchev–Trinajstić information content (AvgIpc) is 3.94. The monoisotopic (exact) mass is 741 g/mol. The van der Waals surface area contributed by atoms with Crippen LogP contribution in [0.2, 0.25) is 0 Å². The molecule has 5 rings (SSSR count). The Hall–Kier alpha value is -4.36. The number of rotatable bonds is 16. The Morgan fingerprint density at radius 1 is 0.717 bits per heavy atom. The van der Waals surface area contributed by atoms with E-state index < -0.39 is 53.7 Å². The highest BCUT2D eigenvalue weighted by molar-refractivity contribution is 5.87. The Kier molecular flexibility index (Phi) is 14.0. The molecule has 4 aliphatic rings. The molecule has 292 valence electrons. The Labute approximate surface area is 309 Å². The van der Waals surface area contributed by atoms with Gasteiger partial charge in [-0.2, -0.15) is 0 Å². The number of phenols is 1. The molecule has 4 saturated heterocycles. The summed E-state index contributed by atoms with van der Waals surface area (Å²) >= 11 is 0. The van der Waals surface area contributed by atoms with Crippen LogP contribution in [0.5, 0.6) is 5.75 Å². The van der Waals surface area contributed by atoms with Crippen LogP contribution in [-0.2, 0) is 35.2 Å². The number of aromatic hydroxyl groups is 1. The molecule has 0 aromatic heterocycles. The fourth-order valence-electron chi connectivity index (χ4n) is 7.66. The number of nitrogens with two attached hydrogens (primary N) is 1. The van der Waals surface area contributed by atoms with Gasteiger partial charge in [0.1, 0.15) is 5.75 Å². The molecule has 1 aromatic carbocycles. The minimum atomic E-state index is -0.647. The van der Waals surface area contributed by atoms with E-state index in [1.54, 1.807) is 31.2 Å². The number of phenolic OH excluding ortho intramolecular Hbond substituents is 1. The summed E-state index contributed by atoms with van der Waals surface area (Å²) in [7, 11) is 1.81. The standard InChI is InChI=1S/C35H55N11O7/c1-18(7-30(48)44-27-15-38-10-22(27)31(36)49)43-34(52)24-12-40-17-29(24)46-35(53)25-13-41-16-28(25)45-32(50)20(8-19-3-5-21(47)6-4-19)9-42-33(51)23-11-39-14-26(23)37-2/h3-6,18,20,22-29,37-41,47H,7-17H2,1-2H3,(H2,36,49)(H,42,51)(H,43,52)(H,44,48)(H,45,50)(H,46,53)/t18-,20-,22-,23-,24-,25-,26-,27-,28-,29-/m0/s1. The fourth-order valence-corrected chi connectivity index (χ4v) is 7.66. The van der Waals surface area contributed by atoms with Crippen molar-refractivity contribution >= 4 is 35.4 Å². The van der Waals surface area contributed by atoms with Gasteiger partial charge < -0.3 is 64.0 Å². The minimum Gasteiger partial charge on any atom is -0.508 e. The maximum atomic E-state index is 13.8. The summed E-state index contributed by atoms with van der Waals surface area (Å²) in [5.74, 6) is -4.37. The summed E-state index contributed by atoms with van der Waals surface area (Å²) in [6, 6.07) is 4.59. The predicted molar refractivity (Wildman–Crippen MR) is 194 cm³/mol. The van der Waals surface area contributed by atoms with Crippen LogP contribution in [0, 0.1) is 29.6 Å². The molecule has 53 heavy (non-hydrogen) atoms. The SMILES string of the molecule is CN[C@H]1CNC[C@@H]1C(=O)NC[C@H](Cc1ccc(O)cc1)C(=O)N[C@H]1CNC[C@@H]1C(=O)N[C@H]1CNC[C@@H]1C(=O)N[C@@H](C)CC(=O)N[C@H]1CNC[C@@H]1C(N)=O. The maximum absolute atomic E-state index is 13.8. The van der Waals surface area contributed by atoms with Crippen molar-refractivity contribution in [2.75, 3.05) is 66.0 Å². The zero-order chi connectivity index (χ0) is 38.1. The van der Waals surface area contributed by atoms with Crippen LogP contribution >= 0.6 is 0 Å². The van der Waals surface area contributed by atoms with Crippen molar-refractivity contribution in [1.29, 1.82) is 0 Å². The second-order valence-corrected chi connectivity index (χ2v) is 14.7. The topological polar surface area (TPSA) is 269 Å². The normalized spacial score (nSPS) is 29.2. The van der Waals surface area contributed by atoms with Gasteiger partial charge in [-0.3, -0.25) is 28.8 Å². The first kappa shape index (κ1) is 39.8. The second kappa shape index (κ2) is 18.6. The molecular formula is C35H55N11O7. The van der Waals surface area contributed by atoms with E-state index >= 15 is 0 Å². The molecule has 0 spiro atoms. The van der Waals surface area contributed by atoms with Crippen LogP contribution in [0.1, 0.15) is 18.9 Å². The summed E-state index contributed by atoms with van der Waals surface area (Å²) in [6.07, 6.45) is 0.309. The van der Waals surface area contributed by atoms with Gasteiger partial charge in [-0.05, 0) is 38.1 Å². The van der Waals surface area contributed by atoms with Crippen LogP contribution in [0.3, 0.4) is 0 Å². The van der Waals surface area contributed by atoms with Crippen molar-refractivity contribution < 1.29 is 33.9 Å². The lowest BCUT2D eigenvalue weighted by Crippen LogP contribution is -2.54. The summed E-state index contributed by atoms with van der Waals surface area (Å²) in [6.45, 7) is 5.24. The highest BCUT2D eigenvalue weighted by Crippen LogP contribution is 2.18. The number of benzene rings is 1. The lowest BCUT2D eigenvalue weighted by molar-refractivity contribution is -0.129. The van der Waals surface area contributed by atoms with E-state index in [9.17, 15) is 33.9 Å². The van der Waals surface area contributed by atoms with Crippen LogP contribution in [0.25, 0.3) is 0 Å². The Morgan fingerprint density at radius 2 is 1.25 bits per heavy atom. The molecule has 0 aliphatic carbocycles. The zero-order valence-electron chi connectivity index (χ0n) is 30.3. The molecule has 10 atom stereocenters. The molecule has 1 aromatic rings. The van der Waals surface area contributed by atoms with E-state index in [1.807, 2.05) is 7.05 Å². The zero-order valence-corrected chi connectivity index (χ0v) is 30.3. The van der Waals surface area contributed by atoms with E-state index in [4.69, 9.17) is 5.73 Å². The quantitative estimate of drug-likeness (QED) is 0.0760. The van der Waals surface area contributed by atoms with Crippen molar-refractivity contribution in [1.82, 2.24) is 53.2 Å². The predicted octanol–water partition coefficient (Wildman–Crippen LogP) is -5.03.